The maximum atomic E-state index is 12.2. The van der Waals surface area contributed by atoms with E-state index in [0.29, 0.717) is 11.5 Å². The number of amides is 1. The molecule has 1 heterocycles. The summed E-state index contributed by atoms with van der Waals surface area (Å²) in [5, 5.41) is 6.23. The number of thiazole rings is 1. The van der Waals surface area contributed by atoms with Crippen LogP contribution in [0, 0.1) is 23.7 Å². The van der Waals surface area contributed by atoms with Crippen LogP contribution in [-0.2, 0) is 4.79 Å². The molecular formula is C17H24N2OS. The molecule has 2 aliphatic rings. The number of carbonyl (C=O) groups is 1. The van der Waals surface area contributed by atoms with Gasteiger partial charge in [-0.05, 0) is 49.0 Å². The van der Waals surface area contributed by atoms with Crippen molar-refractivity contribution in [2.45, 2.75) is 53.0 Å². The van der Waals surface area contributed by atoms with Gasteiger partial charge in [-0.2, -0.15) is 0 Å². The minimum Gasteiger partial charge on any atom is -0.349 e. The van der Waals surface area contributed by atoms with Gasteiger partial charge in [0.15, 0.2) is 0 Å². The third-order valence-electron chi connectivity index (χ3n) is 6.15. The SMILES string of the molecule is Cc1nc(/C=C/C(=O)NC2CC3CCC2(C)C3(C)C)cs1. The fourth-order valence-corrected chi connectivity index (χ4v) is 4.84. The Kier molecular flexibility index (Phi) is 3.47. The molecule has 3 nitrogen and oxygen atoms in total. The van der Waals surface area contributed by atoms with Crippen LogP contribution in [0.3, 0.4) is 0 Å². The van der Waals surface area contributed by atoms with Gasteiger partial charge in [-0.1, -0.05) is 20.8 Å². The lowest BCUT2D eigenvalue weighted by molar-refractivity contribution is -0.118. The maximum absolute atomic E-state index is 12.2. The van der Waals surface area contributed by atoms with Gasteiger partial charge in [-0.3, -0.25) is 4.79 Å². The summed E-state index contributed by atoms with van der Waals surface area (Å²) in [6.07, 6.45) is 7.09. The molecule has 0 saturated heterocycles. The Morgan fingerprint density at radius 3 is 2.76 bits per heavy atom. The molecule has 1 aromatic heterocycles. The summed E-state index contributed by atoms with van der Waals surface area (Å²) in [6.45, 7) is 9.05. The molecule has 2 aliphatic carbocycles. The lowest BCUT2D eigenvalue weighted by Gasteiger charge is -2.39. The van der Waals surface area contributed by atoms with Gasteiger partial charge in [0, 0.05) is 17.5 Å². The highest BCUT2D eigenvalue weighted by Gasteiger charge is 2.61. The van der Waals surface area contributed by atoms with E-state index in [-0.39, 0.29) is 11.3 Å². The molecule has 0 aromatic carbocycles. The van der Waals surface area contributed by atoms with E-state index in [1.54, 1.807) is 23.5 Å². The van der Waals surface area contributed by atoms with E-state index >= 15 is 0 Å². The van der Waals surface area contributed by atoms with Gasteiger partial charge in [0.2, 0.25) is 5.91 Å². The van der Waals surface area contributed by atoms with Crippen molar-refractivity contribution in [3.05, 3.63) is 22.2 Å². The standard InChI is InChI=1S/C17H24N2OS/c1-11-18-13(10-21-11)5-6-15(20)19-14-9-12-7-8-17(14,4)16(12,2)3/h5-6,10,12,14H,7-9H2,1-4H3,(H,19,20)/b6-5+. The minimum absolute atomic E-state index is 0.00947. The quantitative estimate of drug-likeness (QED) is 0.863. The highest BCUT2D eigenvalue weighted by molar-refractivity contribution is 7.09. The predicted molar refractivity (Wildman–Crippen MR) is 87.0 cm³/mol. The molecule has 1 amide bonds. The molecule has 114 valence electrons. The number of hydrogen-bond acceptors (Lipinski definition) is 3. The number of hydrogen-bond donors (Lipinski definition) is 1. The number of nitrogens with zero attached hydrogens (tertiary/aromatic N) is 1. The highest BCUT2D eigenvalue weighted by atomic mass is 32.1. The van der Waals surface area contributed by atoms with E-state index in [0.717, 1.165) is 23.0 Å². The number of rotatable bonds is 3. The molecule has 1 N–H and O–H groups in total. The van der Waals surface area contributed by atoms with Crippen molar-refractivity contribution in [1.29, 1.82) is 0 Å². The Morgan fingerprint density at radius 2 is 2.24 bits per heavy atom. The van der Waals surface area contributed by atoms with Gasteiger partial charge in [0.25, 0.3) is 0 Å². The predicted octanol–water partition coefficient (Wildman–Crippen LogP) is 3.80. The van der Waals surface area contributed by atoms with Gasteiger partial charge in [-0.15, -0.1) is 11.3 Å². The Morgan fingerprint density at radius 1 is 1.48 bits per heavy atom. The van der Waals surface area contributed by atoms with Gasteiger partial charge < -0.3 is 5.32 Å². The molecule has 1 aromatic rings. The van der Waals surface area contributed by atoms with Crippen LogP contribution in [-0.4, -0.2) is 16.9 Å². The van der Waals surface area contributed by atoms with Crippen molar-refractivity contribution < 1.29 is 4.79 Å². The minimum atomic E-state index is 0.00947. The van der Waals surface area contributed by atoms with E-state index in [2.05, 4.69) is 31.1 Å². The van der Waals surface area contributed by atoms with Crippen molar-refractivity contribution in [2.24, 2.45) is 16.7 Å². The summed E-state index contributed by atoms with van der Waals surface area (Å²) in [6, 6.07) is 0.306. The zero-order valence-corrected chi connectivity index (χ0v) is 14.1. The van der Waals surface area contributed by atoms with Crippen LogP contribution in [0.15, 0.2) is 11.5 Å². The molecule has 21 heavy (non-hydrogen) atoms. The van der Waals surface area contributed by atoms with Crippen molar-refractivity contribution >= 4 is 23.3 Å². The maximum Gasteiger partial charge on any atom is 0.244 e. The number of nitrogens with one attached hydrogen (secondary N) is 1. The first-order chi connectivity index (χ1) is 9.83. The second-order valence-corrected chi connectivity index (χ2v) is 8.36. The lowest BCUT2D eigenvalue weighted by atomic mass is 9.69. The number of aromatic nitrogens is 1. The Labute approximate surface area is 130 Å². The van der Waals surface area contributed by atoms with Crippen molar-refractivity contribution in [3.63, 3.8) is 0 Å². The van der Waals surface area contributed by atoms with Gasteiger partial charge >= 0.3 is 0 Å². The molecule has 3 rings (SSSR count). The summed E-state index contributed by atoms with van der Waals surface area (Å²) >= 11 is 1.60. The third-order valence-corrected chi connectivity index (χ3v) is 6.94. The van der Waals surface area contributed by atoms with Gasteiger partial charge in [-0.25, -0.2) is 4.98 Å². The van der Waals surface area contributed by atoms with E-state index < -0.39 is 0 Å². The number of carbonyl (C=O) groups excluding carboxylic acids is 1. The average Bonchev–Trinajstić information content (AvgIpc) is 2.98. The topological polar surface area (TPSA) is 42.0 Å². The van der Waals surface area contributed by atoms with Crippen LogP contribution < -0.4 is 5.32 Å². The molecule has 3 atom stereocenters. The van der Waals surface area contributed by atoms with Crippen molar-refractivity contribution in [2.75, 3.05) is 0 Å². The van der Waals surface area contributed by atoms with Crippen LogP contribution in [0.5, 0.6) is 0 Å². The zero-order chi connectivity index (χ0) is 15.3. The number of aryl methyl sites for hydroxylation is 1. The molecule has 2 saturated carbocycles. The van der Waals surface area contributed by atoms with E-state index in [9.17, 15) is 4.79 Å². The fraction of sp³-hybridized carbons (Fsp3) is 0.647. The van der Waals surface area contributed by atoms with Crippen LogP contribution in [0.4, 0.5) is 0 Å². The fourth-order valence-electron chi connectivity index (χ4n) is 4.26. The Hall–Kier alpha value is -1.16. The molecule has 0 radical (unpaired) electrons. The highest BCUT2D eigenvalue weighted by Crippen LogP contribution is 2.65. The van der Waals surface area contributed by atoms with E-state index in [4.69, 9.17) is 0 Å². The summed E-state index contributed by atoms with van der Waals surface area (Å²) in [7, 11) is 0. The largest absolute Gasteiger partial charge is 0.349 e. The van der Waals surface area contributed by atoms with Gasteiger partial charge in [0.05, 0.1) is 10.7 Å². The van der Waals surface area contributed by atoms with Crippen LogP contribution >= 0.6 is 11.3 Å². The third kappa shape index (κ3) is 2.33. The van der Waals surface area contributed by atoms with Gasteiger partial charge in [0.1, 0.15) is 0 Å². The lowest BCUT2D eigenvalue weighted by Crippen LogP contribution is -2.46. The second-order valence-electron chi connectivity index (χ2n) is 7.30. The van der Waals surface area contributed by atoms with Crippen molar-refractivity contribution in [3.8, 4) is 0 Å². The Balaban J connectivity index is 1.65. The molecule has 0 spiro atoms. The summed E-state index contributed by atoms with van der Waals surface area (Å²) in [5.41, 5.74) is 1.44. The van der Waals surface area contributed by atoms with E-state index in [1.807, 2.05) is 12.3 Å². The molecule has 4 heteroatoms. The second kappa shape index (κ2) is 4.94. The average molecular weight is 304 g/mol. The molecular weight excluding hydrogens is 280 g/mol. The van der Waals surface area contributed by atoms with Crippen LogP contribution in [0.2, 0.25) is 0 Å². The van der Waals surface area contributed by atoms with E-state index in [1.165, 1.54) is 12.8 Å². The molecule has 2 bridgehead atoms. The Bertz CT molecular complexity index is 589. The molecule has 0 aliphatic heterocycles. The smallest absolute Gasteiger partial charge is 0.244 e. The summed E-state index contributed by atoms with van der Waals surface area (Å²) in [5.74, 6) is 0.758. The first-order valence-electron chi connectivity index (χ1n) is 7.73. The summed E-state index contributed by atoms with van der Waals surface area (Å²) in [4.78, 5) is 16.5. The molecule has 3 unspecified atom stereocenters. The normalized spacial score (nSPS) is 33.7. The van der Waals surface area contributed by atoms with Crippen molar-refractivity contribution in [1.82, 2.24) is 10.3 Å². The monoisotopic (exact) mass is 304 g/mol. The number of fused-ring (bicyclic) bond motifs is 2. The first-order valence-corrected chi connectivity index (χ1v) is 8.61. The summed E-state index contributed by atoms with van der Waals surface area (Å²) < 4.78 is 0. The molecule has 2 fully saturated rings. The first kappa shape index (κ1) is 14.8. The van der Waals surface area contributed by atoms with Crippen LogP contribution in [0.25, 0.3) is 6.08 Å². The zero-order valence-electron chi connectivity index (χ0n) is 13.3. The van der Waals surface area contributed by atoms with Crippen LogP contribution in [0.1, 0.15) is 50.7 Å².